The Morgan fingerprint density at radius 2 is 1.22 bits per heavy atom. The molecule has 0 amide bonds. The first kappa shape index (κ1) is 11.4. The summed E-state index contributed by atoms with van der Waals surface area (Å²) in [6, 6.07) is 16.2. The van der Waals surface area contributed by atoms with Crippen LogP contribution in [-0.4, -0.2) is 0 Å². The molecule has 0 radical (unpaired) electrons. The molecule has 1 aromatic heterocycles. The van der Waals surface area contributed by atoms with Gasteiger partial charge in [0.05, 0.1) is 5.66 Å². The quantitative estimate of drug-likeness (QED) is 0.545. The Morgan fingerprint density at radius 3 is 1.67 bits per heavy atom. The Bertz CT molecular complexity index is 671. The minimum Gasteiger partial charge on any atom is -0.419 e. The number of para-hydroxylation sites is 2. The van der Waals surface area contributed by atoms with Crippen LogP contribution in [0.1, 0.15) is 19.5 Å². The summed E-state index contributed by atoms with van der Waals surface area (Å²) >= 11 is 0. The molecule has 0 aliphatic heterocycles. The number of benzene rings is 2. The first-order chi connectivity index (χ1) is 8.75. The Hall–Kier alpha value is -1.66. The SMILES string of the molecule is CC(C)p1oc2ccccc2c2ccccc2o1. The van der Waals surface area contributed by atoms with Crippen molar-refractivity contribution < 1.29 is 8.39 Å². The van der Waals surface area contributed by atoms with Crippen molar-refractivity contribution in [3.63, 3.8) is 0 Å². The van der Waals surface area contributed by atoms with Gasteiger partial charge in [0.25, 0.3) is 0 Å². The van der Waals surface area contributed by atoms with Gasteiger partial charge < -0.3 is 8.39 Å². The minimum absolute atomic E-state index is 0.360. The fourth-order valence-electron chi connectivity index (χ4n) is 1.96. The van der Waals surface area contributed by atoms with E-state index in [2.05, 4.69) is 26.0 Å². The van der Waals surface area contributed by atoms with Gasteiger partial charge in [-0.3, -0.25) is 0 Å². The molecular formula is C15H15O2P. The first-order valence-electron chi connectivity index (χ1n) is 6.09. The molecule has 0 unspecified atom stereocenters. The predicted octanol–water partition coefficient (Wildman–Crippen LogP) is 5.87. The maximum Gasteiger partial charge on any atom is 0.219 e. The van der Waals surface area contributed by atoms with Crippen LogP contribution in [0.4, 0.5) is 0 Å². The number of hydrogen-bond donors (Lipinski definition) is 0. The first-order valence-corrected chi connectivity index (χ1v) is 7.34. The van der Waals surface area contributed by atoms with Crippen LogP contribution in [0.5, 0.6) is 0 Å². The van der Waals surface area contributed by atoms with E-state index in [1.54, 1.807) is 0 Å². The van der Waals surface area contributed by atoms with Crippen molar-refractivity contribution >= 4 is 30.0 Å². The van der Waals surface area contributed by atoms with Gasteiger partial charge in [0, 0.05) is 10.8 Å². The molecule has 0 N–H and O–H groups in total. The zero-order valence-electron chi connectivity index (χ0n) is 10.5. The molecule has 18 heavy (non-hydrogen) atoms. The molecule has 0 aliphatic rings. The molecule has 3 aromatic rings. The van der Waals surface area contributed by atoms with Crippen molar-refractivity contribution in [2.75, 3.05) is 0 Å². The minimum atomic E-state index is -0.931. The zero-order chi connectivity index (χ0) is 12.5. The number of fused-ring (bicyclic) bond motifs is 3. The standard InChI is InChI=1S/C15H15O2P/c1-11(2)18-16-14-9-5-3-7-12(14)13-8-4-6-10-15(13)17-18/h3-11H,1-2H3. The molecule has 0 aliphatic carbocycles. The lowest BCUT2D eigenvalue weighted by atomic mass is 10.1. The van der Waals surface area contributed by atoms with Crippen LogP contribution in [-0.2, 0) is 0 Å². The normalized spacial score (nSPS) is 11.3. The predicted molar refractivity (Wildman–Crippen MR) is 76.7 cm³/mol. The molecule has 1 heterocycles. The molecule has 92 valence electrons. The molecule has 0 saturated heterocycles. The average Bonchev–Trinajstić information content (AvgIpc) is 2.55. The molecule has 2 nitrogen and oxygen atoms in total. The van der Waals surface area contributed by atoms with Crippen LogP contribution in [0, 0.1) is 0 Å². The van der Waals surface area contributed by atoms with Gasteiger partial charge in [-0.1, -0.05) is 36.4 Å². The molecule has 0 fully saturated rings. The van der Waals surface area contributed by atoms with E-state index in [1.807, 2.05) is 36.4 Å². The summed E-state index contributed by atoms with van der Waals surface area (Å²) in [5.74, 6) is 0. The highest BCUT2D eigenvalue weighted by atomic mass is 31.1. The van der Waals surface area contributed by atoms with Crippen molar-refractivity contribution in [1.82, 2.24) is 0 Å². The van der Waals surface area contributed by atoms with Gasteiger partial charge in [-0.2, -0.15) is 0 Å². The van der Waals surface area contributed by atoms with E-state index in [-0.39, 0.29) is 0 Å². The summed E-state index contributed by atoms with van der Waals surface area (Å²) in [5.41, 5.74) is 2.20. The smallest absolute Gasteiger partial charge is 0.219 e. The van der Waals surface area contributed by atoms with Crippen LogP contribution in [0.3, 0.4) is 0 Å². The van der Waals surface area contributed by atoms with Crippen molar-refractivity contribution in [1.29, 1.82) is 0 Å². The molecule has 3 rings (SSSR count). The third-order valence-electron chi connectivity index (χ3n) is 2.86. The van der Waals surface area contributed by atoms with E-state index in [9.17, 15) is 0 Å². The Kier molecular flexibility index (Phi) is 2.89. The second-order valence-corrected chi connectivity index (χ2v) is 6.52. The summed E-state index contributed by atoms with van der Waals surface area (Å²) in [6.07, 6.45) is 0. The van der Waals surface area contributed by atoms with Gasteiger partial charge >= 0.3 is 0 Å². The van der Waals surface area contributed by atoms with Gasteiger partial charge in [0.15, 0.2) is 0 Å². The van der Waals surface area contributed by atoms with Gasteiger partial charge in [-0.05, 0) is 26.0 Å². The maximum atomic E-state index is 6.04. The van der Waals surface area contributed by atoms with E-state index in [0.29, 0.717) is 5.66 Å². The lowest BCUT2D eigenvalue weighted by Crippen LogP contribution is -1.69. The Labute approximate surface area is 107 Å². The second-order valence-electron chi connectivity index (χ2n) is 4.55. The Morgan fingerprint density at radius 1 is 0.778 bits per heavy atom. The Balaban J connectivity index is 2.56. The summed E-state index contributed by atoms with van der Waals surface area (Å²) in [5, 5.41) is 2.22. The highest BCUT2D eigenvalue weighted by Gasteiger charge is 2.07. The van der Waals surface area contributed by atoms with Crippen molar-refractivity contribution in [2.24, 2.45) is 0 Å². The summed E-state index contributed by atoms with van der Waals surface area (Å²) < 4.78 is 12.1. The lowest BCUT2D eigenvalue weighted by Gasteiger charge is -1.99. The van der Waals surface area contributed by atoms with Crippen molar-refractivity contribution in [3.8, 4) is 0 Å². The topological polar surface area (TPSA) is 26.3 Å². The van der Waals surface area contributed by atoms with Gasteiger partial charge in [0.2, 0.25) is 8.01 Å². The maximum absolute atomic E-state index is 6.04. The summed E-state index contributed by atoms with van der Waals surface area (Å²) in [7, 11) is -0.931. The van der Waals surface area contributed by atoms with Crippen LogP contribution in [0.15, 0.2) is 56.9 Å². The van der Waals surface area contributed by atoms with Gasteiger partial charge in [0.1, 0.15) is 11.2 Å². The van der Waals surface area contributed by atoms with E-state index in [0.717, 1.165) is 21.9 Å². The van der Waals surface area contributed by atoms with Crippen molar-refractivity contribution in [2.45, 2.75) is 19.5 Å². The molecule has 0 spiro atoms. The second kappa shape index (κ2) is 4.55. The molecule has 3 heteroatoms. The number of hydrogen-bond acceptors (Lipinski definition) is 2. The van der Waals surface area contributed by atoms with Crippen LogP contribution >= 0.6 is 8.01 Å². The number of rotatable bonds is 1. The fraction of sp³-hybridized carbons (Fsp3) is 0.200. The van der Waals surface area contributed by atoms with E-state index in [4.69, 9.17) is 8.39 Å². The highest BCUT2D eigenvalue weighted by Crippen LogP contribution is 2.42. The van der Waals surface area contributed by atoms with E-state index >= 15 is 0 Å². The lowest BCUT2D eigenvalue weighted by molar-refractivity contribution is 0.622. The van der Waals surface area contributed by atoms with E-state index in [1.165, 1.54) is 0 Å². The summed E-state index contributed by atoms with van der Waals surface area (Å²) in [4.78, 5) is 0. The third-order valence-corrected chi connectivity index (χ3v) is 4.46. The third kappa shape index (κ3) is 1.93. The van der Waals surface area contributed by atoms with Crippen LogP contribution in [0.2, 0.25) is 0 Å². The molecule has 2 aromatic carbocycles. The van der Waals surface area contributed by atoms with E-state index < -0.39 is 8.01 Å². The largest absolute Gasteiger partial charge is 0.419 e. The monoisotopic (exact) mass is 258 g/mol. The molecule has 0 saturated carbocycles. The van der Waals surface area contributed by atoms with Crippen molar-refractivity contribution in [3.05, 3.63) is 48.5 Å². The molecule has 0 atom stereocenters. The van der Waals surface area contributed by atoms with Gasteiger partial charge in [-0.15, -0.1) is 0 Å². The highest BCUT2D eigenvalue weighted by molar-refractivity contribution is 7.37. The fourth-order valence-corrected chi connectivity index (χ4v) is 3.13. The molecule has 0 bridgehead atoms. The van der Waals surface area contributed by atoms with Gasteiger partial charge in [-0.25, -0.2) is 0 Å². The summed E-state index contributed by atoms with van der Waals surface area (Å²) in [6.45, 7) is 4.25. The van der Waals surface area contributed by atoms with Crippen LogP contribution in [0.25, 0.3) is 21.9 Å². The van der Waals surface area contributed by atoms with Crippen LogP contribution < -0.4 is 0 Å². The molecular weight excluding hydrogens is 243 g/mol. The average molecular weight is 258 g/mol. The zero-order valence-corrected chi connectivity index (χ0v) is 11.4.